The smallest absolute Gasteiger partial charge is 0.245 e. The van der Waals surface area contributed by atoms with Crippen LogP contribution in [0, 0.1) is 0 Å². The Balaban J connectivity index is 1.78. The molecule has 1 saturated heterocycles. The first-order valence-corrected chi connectivity index (χ1v) is 6.51. The Labute approximate surface area is 111 Å². The number of hydrogen-bond donors (Lipinski definition) is 0. The van der Waals surface area contributed by atoms with E-state index in [9.17, 15) is 4.79 Å². The second-order valence-corrected chi connectivity index (χ2v) is 4.78. The van der Waals surface area contributed by atoms with E-state index in [4.69, 9.17) is 0 Å². The van der Waals surface area contributed by atoms with E-state index in [0.29, 0.717) is 6.04 Å². The first kappa shape index (κ1) is 11.9. The third-order valence-electron chi connectivity index (χ3n) is 3.67. The number of benzene rings is 1. The molecule has 0 bridgehead atoms. The normalized spacial score (nSPS) is 16.7. The molecule has 1 aromatic heterocycles. The zero-order valence-corrected chi connectivity index (χ0v) is 10.7. The van der Waals surface area contributed by atoms with Gasteiger partial charge < -0.3 is 4.90 Å². The van der Waals surface area contributed by atoms with Crippen molar-refractivity contribution in [3.63, 3.8) is 0 Å². The molecule has 98 valence electrons. The summed E-state index contributed by atoms with van der Waals surface area (Å²) in [4.78, 5) is 13.4. The van der Waals surface area contributed by atoms with Crippen LogP contribution in [0.1, 0.15) is 18.9 Å². The van der Waals surface area contributed by atoms with Crippen molar-refractivity contribution < 1.29 is 4.79 Å². The number of piperidine rings is 1. The number of aromatic nitrogens is 3. The van der Waals surface area contributed by atoms with Crippen molar-refractivity contribution in [1.82, 2.24) is 19.9 Å². The Morgan fingerprint density at radius 1 is 1.32 bits per heavy atom. The Bertz CT molecular complexity index is 611. The predicted molar refractivity (Wildman–Crippen MR) is 72.6 cm³/mol. The predicted octanol–water partition coefficient (Wildman–Crippen LogP) is 1.78. The fraction of sp³-hybridized carbons (Fsp3) is 0.357. The molecule has 1 fully saturated rings. The fourth-order valence-corrected chi connectivity index (χ4v) is 2.62. The van der Waals surface area contributed by atoms with E-state index in [-0.39, 0.29) is 5.91 Å². The number of nitrogens with zero attached hydrogens (tertiary/aromatic N) is 4. The van der Waals surface area contributed by atoms with Crippen LogP contribution in [-0.4, -0.2) is 38.9 Å². The number of likely N-dealkylation sites (tertiary alicyclic amines) is 1. The van der Waals surface area contributed by atoms with Gasteiger partial charge in [-0.3, -0.25) is 4.79 Å². The highest BCUT2D eigenvalue weighted by Crippen LogP contribution is 2.25. The van der Waals surface area contributed by atoms with Crippen molar-refractivity contribution in [2.24, 2.45) is 0 Å². The monoisotopic (exact) mass is 256 g/mol. The lowest BCUT2D eigenvalue weighted by Gasteiger charge is -2.31. The Morgan fingerprint density at radius 2 is 2.05 bits per heavy atom. The lowest BCUT2D eigenvalue weighted by Crippen LogP contribution is -2.38. The van der Waals surface area contributed by atoms with E-state index < -0.39 is 0 Å². The molecule has 5 nitrogen and oxygen atoms in total. The minimum absolute atomic E-state index is 0.0156. The molecule has 19 heavy (non-hydrogen) atoms. The SMILES string of the molecule is C=CC(=O)N1CCC(n2nnc3ccccc32)CC1. The van der Waals surface area contributed by atoms with Crippen LogP contribution in [0.5, 0.6) is 0 Å². The van der Waals surface area contributed by atoms with Gasteiger partial charge in [0.05, 0.1) is 11.6 Å². The molecule has 0 saturated carbocycles. The van der Waals surface area contributed by atoms with Gasteiger partial charge >= 0.3 is 0 Å². The van der Waals surface area contributed by atoms with Crippen LogP contribution >= 0.6 is 0 Å². The summed E-state index contributed by atoms with van der Waals surface area (Å²) in [6.45, 7) is 5.03. The molecule has 0 spiro atoms. The van der Waals surface area contributed by atoms with E-state index in [2.05, 4.69) is 16.9 Å². The van der Waals surface area contributed by atoms with E-state index in [0.717, 1.165) is 37.0 Å². The van der Waals surface area contributed by atoms with Crippen LogP contribution in [0.25, 0.3) is 11.0 Å². The highest BCUT2D eigenvalue weighted by molar-refractivity contribution is 5.87. The van der Waals surface area contributed by atoms with Gasteiger partial charge in [0, 0.05) is 13.1 Å². The lowest BCUT2D eigenvalue weighted by molar-refractivity contribution is -0.127. The quantitative estimate of drug-likeness (QED) is 0.770. The number of hydrogen-bond acceptors (Lipinski definition) is 3. The highest BCUT2D eigenvalue weighted by Gasteiger charge is 2.24. The third-order valence-corrected chi connectivity index (χ3v) is 3.67. The van der Waals surface area contributed by atoms with Crippen LogP contribution < -0.4 is 0 Å². The Kier molecular flexibility index (Phi) is 3.03. The summed E-state index contributed by atoms with van der Waals surface area (Å²) in [7, 11) is 0. The molecule has 5 heteroatoms. The molecule has 0 unspecified atom stereocenters. The summed E-state index contributed by atoms with van der Waals surface area (Å²) in [5.41, 5.74) is 1.99. The first-order valence-electron chi connectivity index (χ1n) is 6.51. The topological polar surface area (TPSA) is 51.0 Å². The summed E-state index contributed by atoms with van der Waals surface area (Å²) in [5, 5.41) is 8.43. The minimum atomic E-state index is 0.0156. The van der Waals surface area contributed by atoms with Gasteiger partial charge in [-0.1, -0.05) is 23.9 Å². The van der Waals surface area contributed by atoms with Gasteiger partial charge in [0.25, 0.3) is 0 Å². The molecule has 1 amide bonds. The molecule has 1 aromatic carbocycles. The molecular formula is C14H16N4O. The molecule has 0 N–H and O–H groups in total. The molecule has 0 aliphatic carbocycles. The van der Waals surface area contributed by atoms with Crippen molar-refractivity contribution in [3.05, 3.63) is 36.9 Å². The summed E-state index contributed by atoms with van der Waals surface area (Å²) in [6.07, 6.45) is 3.20. The van der Waals surface area contributed by atoms with Crippen LogP contribution in [0.2, 0.25) is 0 Å². The molecular weight excluding hydrogens is 240 g/mol. The molecule has 1 aliphatic heterocycles. The largest absolute Gasteiger partial charge is 0.339 e. The number of para-hydroxylation sites is 1. The van der Waals surface area contributed by atoms with Crippen molar-refractivity contribution in [3.8, 4) is 0 Å². The zero-order chi connectivity index (χ0) is 13.2. The molecule has 1 aliphatic rings. The van der Waals surface area contributed by atoms with Gasteiger partial charge in [0.2, 0.25) is 5.91 Å². The van der Waals surface area contributed by atoms with Crippen molar-refractivity contribution >= 4 is 16.9 Å². The molecule has 0 atom stereocenters. The Morgan fingerprint density at radius 3 is 2.79 bits per heavy atom. The number of rotatable bonds is 2. The maximum Gasteiger partial charge on any atom is 0.245 e. The summed E-state index contributed by atoms with van der Waals surface area (Å²) >= 11 is 0. The van der Waals surface area contributed by atoms with Gasteiger partial charge in [-0.05, 0) is 31.1 Å². The van der Waals surface area contributed by atoms with E-state index in [1.165, 1.54) is 6.08 Å². The second kappa shape index (κ2) is 4.84. The summed E-state index contributed by atoms with van der Waals surface area (Å²) < 4.78 is 1.99. The minimum Gasteiger partial charge on any atom is -0.339 e. The first-order chi connectivity index (χ1) is 9.29. The average molecular weight is 256 g/mol. The van der Waals surface area contributed by atoms with E-state index >= 15 is 0 Å². The maximum atomic E-state index is 11.5. The third kappa shape index (κ3) is 2.12. The van der Waals surface area contributed by atoms with Gasteiger partial charge in [0.1, 0.15) is 5.52 Å². The average Bonchev–Trinajstić information content (AvgIpc) is 2.90. The number of carbonyl (C=O) groups excluding carboxylic acids is 1. The van der Waals surface area contributed by atoms with Crippen LogP contribution in [0.15, 0.2) is 36.9 Å². The van der Waals surface area contributed by atoms with E-state index in [1.807, 2.05) is 33.8 Å². The van der Waals surface area contributed by atoms with E-state index in [1.54, 1.807) is 0 Å². The lowest BCUT2D eigenvalue weighted by atomic mass is 10.0. The van der Waals surface area contributed by atoms with Gasteiger partial charge in [-0.2, -0.15) is 0 Å². The van der Waals surface area contributed by atoms with Crippen LogP contribution in [0.3, 0.4) is 0 Å². The van der Waals surface area contributed by atoms with Crippen LogP contribution in [-0.2, 0) is 4.79 Å². The summed E-state index contributed by atoms with van der Waals surface area (Å²) in [6, 6.07) is 8.29. The molecule has 2 aromatic rings. The summed E-state index contributed by atoms with van der Waals surface area (Å²) in [5.74, 6) is 0.0156. The van der Waals surface area contributed by atoms with Gasteiger partial charge in [0.15, 0.2) is 0 Å². The van der Waals surface area contributed by atoms with Crippen molar-refractivity contribution in [2.75, 3.05) is 13.1 Å². The number of carbonyl (C=O) groups is 1. The molecule has 2 heterocycles. The maximum absolute atomic E-state index is 11.5. The standard InChI is InChI=1S/C14H16N4O/c1-2-14(19)17-9-7-11(8-10-17)18-13-6-4-3-5-12(13)15-16-18/h2-6,11H,1,7-10H2. The second-order valence-electron chi connectivity index (χ2n) is 4.78. The Hall–Kier alpha value is -2.17. The highest BCUT2D eigenvalue weighted by atomic mass is 16.2. The number of fused-ring (bicyclic) bond motifs is 1. The van der Waals surface area contributed by atoms with Crippen LogP contribution in [0.4, 0.5) is 0 Å². The van der Waals surface area contributed by atoms with Crippen molar-refractivity contribution in [1.29, 1.82) is 0 Å². The van der Waals surface area contributed by atoms with Gasteiger partial charge in [-0.15, -0.1) is 5.10 Å². The number of amides is 1. The van der Waals surface area contributed by atoms with Crippen molar-refractivity contribution in [2.45, 2.75) is 18.9 Å². The fourth-order valence-electron chi connectivity index (χ4n) is 2.62. The molecule has 3 rings (SSSR count). The molecule has 0 radical (unpaired) electrons. The zero-order valence-electron chi connectivity index (χ0n) is 10.7. The van der Waals surface area contributed by atoms with Gasteiger partial charge in [-0.25, -0.2) is 4.68 Å².